The van der Waals surface area contributed by atoms with Crippen LogP contribution in [0.5, 0.6) is 0 Å². The number of hydrogen-bond acceptors (Lipinski definition) is 5. The molecule has 260 valence electrons. The summed E-state index contributed by atoms with van der Waals surface area (Å²) in [5.41, 5.74) is 11.8. The van der Waals surface area contributed by atoms with E-state index in [1.807, 2.05) is 36.4 Å². The van der Waals surface area contributed by atoms with E-state index in [2.05, 4.69) is 145 Å². The summed E-state index contributed by atoms with van der Waals surface area (Å²) in [5, 5.41) is 12.4. The average Bonchev–Trinajstić information content (AvgIpc) is 3.87. The van der Waals surface area contributed by atoms with Crippen molar-refractivity contribution in [1.82, 2.24) is 34.9 Å². The molecule has 2 aliphatic carbocycles. The molecule has 0 saturated heterocycles. The van der Waals surface area contributed by atoms with Crippen molar-refractivity contribution < 1.29 is 0 Å². The van der Waals surface area contributed by atoms with Gasteiger partial charge >= 0.3 is 0 Å². The van der Waals surface area contributed by atoms with Crippen LogP contribution in [-0.4, -0.2) is 34.9 Å². The van der Waals surface area contributed by atoms with E-state index >= 15 is 0 Å². The first-order valence-electron chi connectivity index (χ1n) is 18.6. The Kier molecular flexibility index (Phi) is 6.91. The summed E-state index contributed by atoms with van der Waals surface area (Å²) < 4.78 is 0. The molecule has 0 amide bonds. The quantitative estimate of drug-likeness (QED) is 0.192. The summed E-state index contributed by atoms with van der Waals surface area (Å²) >= 11 is 0. The van der Waals surface area contributed by atoms with Crippen LogP contribution >= 0.6 is 0 Å². The monoisotopic (exact) mass is 707 g/mol. The van der Waals surface area contributed by atoms with Gasteiger partial charge in [0.25, 0.3) is 0 Å². The third kappa shape index (κ3) is 5.08. The summed E-state index contributed by atoms with van der Waals surface area (Å²) in [4.78, 5) is 20.8. The Morgan fingerprint density at radius 2 is 1.13 bits per heavy atom. The molecule has 0 bridgehead atoms. The highest BCUT2D eigenvalue weighted by molar-refractivity contribution is 6.08. The van der Waals surface area contributed by atoms with E-state index in [0.29, 0.717) is 17.5 Å². The molecule has 2 aliphatic rings. The number of aromatic amines is 1. The molecule has 0 spiro atoms. The van der Waals surface area contributed by atoms with Crippen LogP contribution in [0.3, 0.4) is 0 Å². The van der Waals surface area contributed by atoms with Gasteiger partial charge in [-0.25, -0.2) is 15.0 Å². The first-order valence-corrected chi connectivity index (χ1v) is 18.6. The van der Waals surface area contributed by atoms with Gasteiger partial charge in [-0.3, -0.25) is 0 Å². The molecule has 3 heterocycles. The summed E-state index contributed by atoms with van der Waals surface area (Å²) in [6.45, 7) is 2.28. The van der Waals surface area contributed by atoms with Crippen molar-refractivity contribution in [3.8, 4) is 51.0 Å². The van der Waals surface area contributed by atoms with E-state index in [4.69, 9.17) is 25.1 Å². The van der Waals surface area contributed by atoms with Crippen molar-refractivity contribution in [1.29, 1.82) is 0 Å². The van der Waals surface area contributed by atoms with Crippen molar-refractivity contribution in [2.24, 2.45) is 5.92 Å². The standard InChI is InChI=1S/C48H33N7/c1-48-36(25-27-42-44(48)54-55(53-42)37-12-6-3-7-13-37)24-22-32-18-21-34(28-40(32)48)46-50-45(33-19-16-31(17-20-33)30-10-4-2-5-11-30)51-47(52-46)35-23-26-39-38-14-8-9-15-41(38)49-43(39)29-35/h2-29,36,49H,1H3. The summed E-state index contributed by atoms with van der Waals surface area (Å²) in [5.74, 6) is 1.95. The molecule has 2 unspecified atom stereocenters. The maximum absolute atomic E-state index is 5.19. The Morgan fingerprint density at radius 3 is 1.93 bits per heavy atom. The zero-order valence-corrected chi connectivity index (χ0v) is 29.9. The highest BCUT2D eigenvalue weighted by Gasteiger charge is 2.45. The minimum atomic E-state index is -0.455. The second-order valence-electron chi connectivity index (χ2n) is 14.5. The van der Waals surface area contributed by atoms with Crippen LogP contribution in [0.4, 0.5) is 0 Å². The van der Waals surface area contributed by atoms with Crippen LogP contribution in [0, 0.1) is 5.92 Å². The topological polar surface area (TPSA) is 85.2 Å². The normalized spacial score (nSPS) is 16.9. The van der Waals surface area contributed by atoms with Crippen molar-refractivity contribution in [2.45, 2.75) is 12.3 Å². The summed E-state index contributed by atoms with van der Waals surface area (Å²) in [7, 11) is 0. The van der Waals surface area contributed by atoms with Crippen molar-refractivity contribution in [2.75, 3.05) is 0 Å². The number of rotatable bonds is 5. The van der Waals surface area contributed by atoms with E-state index in [-0.39, 0.29) is 5.92 Å². The molecule has 1 N–H and O–H groups in total. The Morgan fingerprint density at radius 1 is 0.527 bits per heavy atom. The molecule has 2 atom stereocenters. The van der Waals surface area contributed by atoms with Gasteiger partial charge in [0.1, 0.15) is 11.4 Å². The number of H-pyrrole nitrogens is 1. The SMILES string of the molecule is CC12c3cc(-c4nc(-c5ccc(-c6ccccc6)cc5)nc(-c5ccc6c(c5)[nH]c5ccccc56)n4)ccc3C=CC1C=Cc1nn(-c3ccccc3)nc12. The lowest BCUT2D eigenvalue weighted by atomic mass is 9.63. The van der Waals surface area contributed by atoms with Crippen molar-refractivity contribution in [3.63, 3.8) is 0 Å². The van der Waals surface area contributed by atoms with E-state index in [9.17, 15) is 0 Å². The van der Waals surface area contributed by atoms with Crippen molar-refractivity contribution in [3.05, 3.63) is 180 Å². The predicted molar refractivity (Wildman–Crippen MR) is 220 cm³/mol. The largest absolute Gasteiger partial charge is 0.354 e. The fraction of sp³-hybridized carbons (Fsp3) is 0.0625. The van der Waals surface area contributed by atoms with Crippen LogP contribution in [0.25, 0.3) is 84.9 Å². The highest BCUT2D eigenvalue weighted by atomic mass is 15.5. The number of hydrogen-bond donors (Lipinski definition) is 1. The Labute approximate surface area is 317 Å². The lowest BCUT2D eigenvalue weighted by Crippen LogP contribution is -2.37. The van der Waals surface area contributed by atoms with Gasteiger partial charge in [0.2, 0.25) is 0 Å². The van der Waals surface area contributed by atoms with E-state index in [1.54, 1.807) is 4.80 Å². The number of fused-ring (bicyclic) bond motifs is 8. The third-order valence-corrected chi connectivity index (χ3v) is 11.3. The molecule has 55 heavy (non-hydrogen) atoms. The van der Waals surface area contributed by atoms with Gasteiger partial charge in [0, 0.05) is 49.8 Å². The second-order valence-corrected chi connectivity index (χ2v) is 14.5. The van der Waals surface area contributed by atoms with E-state index < -0.39 is 5.41 Å². The molecule has 0 fully saturated rings. The summed E-state index contributed by atoms with van der Waals surface area (Å²) in [6, 6.07) is 50.3. The number of para-hydroxylation sites is 2. The number of allylic oxidation sites excluding steroid dienone is 2. The lowest BCUT2D eigenvalue weighted by molar-refractivity contribution is 0.457. The molecular weight excluding hydrogens is 675 g/mol. The van der Waals surface area contributed by atoms with Gasteiger partial charge in [-0.05, 0) is 65.6 Å². The van der Waals surface area contributed by atoms with Crippen LogP contribution in [0.15, 0.2) is 158 Å². The fourth-order valence-corrected chi connectivity index (χ4v) is 8.28. The molecule has 9 aromatic rings. The number of benzene rings is 6. The molecule has 0 aliphatic heterocycles. The average molecular weight is 708 g/mol. The Bertz CT molecular complexity index is 2990. The minimum Gasteiger partial charge on any atom is -0.354 e. The Hall–Kier alpha value is -7.25. The maximum Gasteiger partial charge on any atom is 0.164 e. The second kappa shape index (κ2) is 12.1. The molecule has 7 heteroatoms. The molecule has 7 nitrogen and oxygen atoms in total. The van der Waals surface area contributed by atoms with Gasteiger partial charge in [-0.1, -0.05) is 133 Å². The third-order valence-electron chi connectivity index (χ3n) is 11.3. The molecule has 0 radical (unpaired) electrons. The molecule has 6 aromatic carbocycles. The maximum atomic E-state index is 5.19. The van der Waals surface area contributed by atoms with E-state index in [0.717, 1.165) is 61.5 Å². The van der Waals surface area contributed by atoms with E-state index in [1.165, 1.54) is 16.3 Å². The first-order chi connectivity index (χ1) is 27.1. The van der Waals surface area contributed by atoms with Gasteiger partial charge < -0.3 is 4.98 Å². The number of aromatic nitrogens is 7. The van der Waals surface area contributed by atoms with Gasteiger partial charge in [0.05, 0.1) is 5.69 Å². The molecular formula is C48H33N7. The lowest BCUT2D eigenvalue weighted by Gasteiger charge is -2.39. The van der Waals surface area contributed by atoms with Gasteiger partial charge in [-0.15, -0.1) is 5.10 Å². The summed E-state index contributed by atoms with van der Waals surface area (Å²) in [6.07, 6.45) is 8.85. The van der Waals surface area contributed by atoms with Gasteiger partial charge in [0.15, 0.2) is 17.5 Å². The predicted octanol–water partition coefficient (Wildman–Crippen LogP) is 10.7. The number of nitrogens with one attached hydrogen (secondary N) is 1. The first kappa shape index (κ1) is 31.3. The Balaban J connectivity index is 1.06. The molecule has 3 aromatic heterocycles. The minimum absolute atomic E-state index is 0.110. The smallest absolute Gasteiger partial charge is 0.164 e. The fourth-order valence-electron chi connectivity index (χ4n) is 8.28. The van der Waals surface area contributed by atoms with Crippen LogP contribution < -0.4 is 0 Å². The molecule has 0 saturated carbocycles. The zero-order chi connectivity index (χ0) is 36.5. The van der Waals surface area contributed by atoms with Crippen LogP contribution in [-0.2, 0) is 5.41 Å². The molecule has 11 rings (SSSR count). The highest BCUT2D eigenvalue weighted by Crippen LogP contribution is 2.49. The van der Waals surface area contributed by atoms with Crippen LogP contribution in [0.2, 0.25) is 0 Å². The van der Waals surface area contributed by atoms with Gasteiger partial charge in [-0.2, -0.15) is 9.90 Å². The van der Waals surface area contributed by atoms with Crippen LogP contribution in [0.1, 0.15) is 29.4 Å². The number of nitrogens with zero attached hydrogens (tertiary/aromatic N) is 6. The zero-order valence-electron chi connectivity index (χ0n) is 29.9. The van der Waals surface area contributed by atoms with Crippen molar-refractivity contribution >= 4 is 34.0 Å².